The highest BCUT2D eigenvalue weighted by Gasteiger charge is 2.23. The average Bonchev–Trinajstić information content (AvgIpc) is 3.03. The number of benzene rings is 1. The number of amides is 1. The number of pyridine rings is 1. The molecule has 1 amide bonds. The summed E-state index contributed by atoms with van der Waals surface area (Å²) in [4.78, 5) is 44.6. The molecule has 30 heavy (non-hydrogen) atoms. The molecular formula is C21H24N4O4S. The number of rotatable bonds is 3. The van der Waals surface area contributed by atoms with Crippen molar-refractivity contribution in [1.29, 1.82) is 0 Å². The molecule has 1 aliphatic rings. The summed E-state index contributed by atoms with van der Waals surface area (Å²) in [6.07, 6.45) is 1.52. The number of aromatic nitrogens is 2. The molecule has 0 atom stereocenters. The summed E-state index contributed by atoms with van der Waals surface area (Å²) in [6.45, 7) is 4.70. The van der Waals surface area contributed by atoms with Crippen molar-refractivity contribution in [2.75, 3.05) is 31.1 Å². The summed E-state index contributed by atoms with van der Waals surface area (Å²) in [5, 5.41) is 7.91. The Morgan fingerprint density at radius 3 is 2.70 bits per heavy atom. The molecule has 9 heteroatoms. The van der Waals surface area contributed by atoms with E-state index >= 15 is 0 Å². The maximum atomic E-state index is 13.0. The van der Waals surface area contributed by atoms with Gasteiger partial charge in [-0.15, -0.1) is 0 Å². The van der Waals surface area contributed by atoms with Gasteiger partial charge in [-0.25, -0.2) is 4.98 Å². The van der Waals surface area contributed by atoms with Crippen molar-refractivity contribution in [3.05, 3.63) is 58.0 Å². The van der Waals surface area contributed by atoms with Gasteiger partial charge >= 0.3 is 0 Å². The topological polar surface area (TPSA) is 107 Å². The van der Waals surface area contributed by atoms with Gasteiger partial charge in [0, 0.05) is 37.9 Å². The second-order valence-electron chi connectivity index (χ2n) is 6.77. The molecule has 8 nitrogen and oxygen atoms in total. The molecule has 0 radical (unpaired) electrons. The van der Waals surface area contributed by atoms with Crippen LogP contribution in [0.15, 0.2) is 41.2 Å². The smallest absolute Gasteiger partial charge is 0.290 e. The van der Waals surface area contributed by atoms with Gasteiger partial charge in [0.05, 0.1) is 15.8 Å². The molecule has 0 saturated carbocycles. The van der Waals surface area contributed by atoms with E-state index in [1.807, 2.05) is 30.0 Å². The first-order valence-corrected chi connectivity index (χ1v) is 10.6. The third-order valence-corrected chi connectivity index (χ3v) is 6.02. The number of anilines is 1. The summed E-state index contributed by atoms with van der Waals surface area (Å²) in [5.41, 5.74) is 2.17. The highest BCUT2D eigenvalue weighted by molar-refractivity contribution is 7.22. The molecule has 4 rings (SSSR count). The first-order valence-electron chi connectivity index (χ1n) is 9.77. The Morgan fingerprint density at radius 2 is 1.97 bits per heavy atom. The second-order valence-corrected chi connectivity index (χ2v) is 7.78. The van der Waals surface area contributed by atoms with Crippen molar-refractivity contribution < 1.29 is 14.7 Å². The number of aryl methyl sites for hydroxylation is 1. The van der Waals surface area contributed by atoms with E-state index in [9.17, 15) is 9.59 Å². The van der Waals surface area contributed by atoms with Gasteiger partial charge in [-0.05, 0) is 31.0 Å². The van der Waals surface area contributed by atoms with E-state index < -0.39 is 0 Å². The molecule has 3 aromatic rings. The number of para-hydroxylation sites is 1. The Morgan fingerprint density at radius 1 is 1.20 bits per heavy atom. The number of carbonyl (C=O) groups excluding carboxylic acids is 1. The molecule has 3 heterocycles. The fourth-order valence-corrected chi connectivity index (χ4v) is 4.49. The molecule has 0 aliphatic carbocycles. The highest BCUT2D eigenvalue weighted by Crippen LogP contribution is 2.29. The van der Waals surface area contributed by atoms with E-state index in [4.69, 9.17) is 14.9 Å². The monoisotopic (exact) mass is 428 g/mol. The molecule has 1 aromatic carbocycles. The lowest BCUT2D eigenvalue weighted by molar-refractivity contribution is -0.122. The Labute approximate surface area is 177 Å². The molecule has 2 aromatic heterocycles. The second kappa shape index (κ2) is 10.0. The van der Waals surface area contributed by atoms with Gasteiger partial charge in [-0.2, -0.15) is 0 Å². The van der Waals surface area contributed by atoms with Gasteiger partial charge in [0.1, 0.15) is 0 Å². The predicted molar refractivity (Wildman–Crippen MR) is 117 cm³/mol. The van der Waals surface area contributed by atoms with Crippen LogP contribution < -0.4 is 10.5 Å². The Balaban J connectivity index is 0.000000806. The van der Waals surface area contributed by atoms with Gasteiger partial charge in [0.2, 0.25) is 5.56 Å². The van der Waals surface area contributed by atoms with Crippen molar-refractivity contribution in [2.24, 2.45) is 0 Å². The van der Waals surface area contributed by atoms with Crippen LogP contribution >= 0.6 is 11.3 Å². The van der Waals surface area contributed by atoms with E-state index in [1.165, 1.54) is 10.8 Å². The molecule has 0 spiro atoms. The van der Waals surface area contributed by atoms with Gasteiger partial charge in [0.15, 0.2) is 5.13 Å². The number of aromatic amines is 1. The number of carboxylic acid groups (broad SMARTS) is 1. The molecule has 1 fully saturated rings. The minimum Gasteiger partial charge on any atom is -0.483 e. The number of carbonyl (C=O) groups is 2. The number of fused-ring (bicyclic) bond motifs is 1. The number of nitrogens with zero attached hydrogens (tertiary/aromatic N) is 3. The molecule has 1 aliphatic heterocycles. The zero-order chi connectivity index (χ0) is 21.5. The Bertz CT molecular complexity index is 1050. The molecule has 0 bridgehead atoms. The maximum absolute atomic E-state index is 13.0. The van der Waals surface area contributed by atoms with Crippen molar-refractivity contribution >= 4 is 39.1 Å². The lowest BCUT2D eigenvalue weighted by Gasteiger charge is -2.22. The largest absolute Gasteiger partial charge is 0.483 e. The van der Waals surface area contributed by atoms with Crippen LogP contribution in [0.25, 0.3) is 10.2 Å². The summed E-state index contributed by atoms with van der Waals surface area (Å²) in [6, 6.07) is 11.2. The van der Waals surface area contributed by atoms with Gasteiger partial charge in [0.25, 0.3) is 12.4 Å². The number of hydrogen-bond donors (Lipinski definition) is 2. The van der Waals surface area contributed by atoms with Crippen molar-refractivity contribution in [3.63, 3.8) is 0 Å². The third-order valence-electron chi connectivity index (χ3n) is 4.92. The SMILES string of the molecule is CCc1[nH]c(=O)ccc1C(=O)N1CCCN(c2nc3ccccc3s2)CC1.O=CO. The molecule has 2 N–H and O–H groups in total. The van der Waals surface area contributed by atoms with Crippen LogP contribution in [0.3, 0.4) is 0 Å². The zero-order valence-corrected chi connectivity index (χ0v) is 17.5. The number of thiazole rings is 1. The molecule has 0 unspecified atom stereocenters. The third kappa shape index (κ3) is 4.85. The van der Waals surface area contributed by atoms with Crippen molar-refractivity contribution in [3.8, 4) is 0 Å². The van der Waals surface area contributed by atoms with Gasteiger partial charge in [-0.3, -0.25) is 14.4 Å². The Hall–Kier alpha value is -3.20. The van der Waals surface area contributed by atoms with Crippen LogP contribution in [0.5, 0.6) is 0 Å². The zero-order valence-electron chi connectivity index (χ0n) is 16.7. The maximum Gasteiger partial charge on any atom is 0.290 e. The lowest BCUT2D eigenvalue weighted by Crippen LogP contribution is -2.36. The van der Waals surface area contributed by atoms with Crippen molar-refractivity contribution in [2.45, 2.75) is 19.8 Å². The van der Waals surface area contributed by atoms with Crippen LogP contribution in [0.2, 0.25) is 0 Å². The lowest BCUT2D eigenvalue weighted by atomic mass is 10.1. The Kier molecular flexibility index (Phi) is 7.18. The van der Waals surface area contributed by atoms with Crippen LogP contribution in [0, 0.1) is 0 Å². The fourth-order valence-electron chi connectivity index (χ4n) is 3.47. The van der Waals surface area contributed by atoms with E-state index in [1.54, 1.807) is 17.4 Å². The quantitative estimate of drug-likeness (QED) is 0.621. The van der Waals surface area contributed by atoms with Gasteiger partial charge < -0.3 is 19.9 Å². The standard InChI is InChI=1S/C20H22N4O2S.CH2O2/c1-2-15-14(8-9-18(25)21-15)19(26)23-10-5-11-24(13-12-23)20-22-16-6-3-4-7-17(16)27-20;2-1-3/h3-4,6-9H,2,5,10-13H2,1H3,(H,21,25);1H,(H,2,3). The molecule has 158 valence electrons. The van der Waals surface area contributed by atoms with Crippen LogP contribution in [-0.4, -0.2) is 58.5 Å². The van der Waals surface area contributed by atoms with E-state index in [-0.39, 0.29) is 17.9 Å². The molecular weight excluding hydrogens is 404 g/mol. The van der Waals surface area contributed by atoms with Crippen LogP contribution in [-0.2, 0) is 11.2 Å². The van der Waals surface area contributed by atoms with E-state index in [0.717, 1.165) is 30.2 Å². The number of nitrogens with one attached hydrogen (secondary N) is 1. The van der Waals surface area contributed by atoms with E-state index in [0.29, 0.717) is 30.8 Å². The van der Waals surface area contributed by atoms with Crippen molar-refractivity contribution in [1.82, 2.24) is 14.9 Å². The van der Waals surface area contributed by atoms with Crippen LogP contribution in [0.4, 0.5) is 5.13 Å². The van der Waals surface area contributed by atoms with Crippen LogP contribution in [0.1, 0.15) is 29.4 Å². The normalized spacial score (nSPS) is 14.0. The minimum absolute atomic E-state index is 0.00532. The first kappa shape index (κ1) is 21.5. The number of hydrogen-bond acceptors (Lipinski definition) is 6. The molecule has 1 saturated heterocycles. The summed E-state index contributed by atoms with van der Waals surface area (Å²) in [7, 11) is 0. The highest BCUT2D eigenvalue weighted by atomic mass is 32.1. The minimum atomic E-state index is -0.250. The summed E-state index contributed by atoms with van der Waals surface area (Å²) >= 11 is 1.70. The average molecular weight is 429 g/mol. The number of H-pyrrole nitrogens is 1. The summed E-state index contributed by atoms with van der Waals surface area (Å²) in [5.74, 6) is -0.00532. The van der Waals surface area contributed by atoms with Gasteiger partial charge in [-0.1, -0.05) is 30.4 Å². The first-order chi connectivity index (χ1) is 14.6. The summed E-state index contributed by atoms with van der Waals surface area (Å²) < 4.78 is 1.19. The fraction of sp³-hybridized carbons (Fsp3) is 0.333. The van der Waals surface area contributed by atoms with E-state index in [2.05, 4.69) is 16.0 Å². The predicted octanol–water partition coefficient (Wildman–Crippen LogP) is 2.60.